The summed E-state index contributed by atoms with van der Waals surface area (Å²) in [5.74, 6) is -3.27. The zero-order valence-corrected chi connectivity index (χ0v) is 14.5. The summed E-state index contributed by atoms with van der Waals surface area (Å²) in [6.07, 6.45) is -3.47. The number of carbonyl (C=O) groups is 2. The molecule has 1 aliphatic rings. The van der Waals surface area contributed by atoms with Crippen LogP contribution in [0, 0.1) is 11.8 Å². The van der Waals surface area contributed by atoms with Gasteiger partial charge in [0, 0.05) is 0 Å². The van der Waals surface area contributed by atoms with E-state index in [2.05, 4.69) is 0 Å². The van der Waals surface area contributed by atoms with Gasteiger partial charge in [-0.1, -0.05) is 0 Å². The summed E-state index contributed by atoms with van der Waals surface area (Å²) in [6, 6.07) is 0. The molecule has 2 N–H and O–H groups in total. The summed E-state index contributed by atoms with van der Waals surface area (Å²) in [6.45, 7) is 6.09. The molecule has 1 rings (SSSR count). The standard InChI is InChI=1S/C16H26F3NO4/c1-14(2,3)24-13(22)15(4,20)12(21)23-9-10-5-7-11(8-6-10)16(17,18)19/h10-11H,5-9,20H2,1-4H3/t10?,11?,15-/m0/s1. The van der Waals surface area contributed by atoms with Gasteiger partial charge in [-0.05, 0) is 59.3 Å². The molecule has 24 heavy (non-hydrogen) atoms. The Bertz CT molecular complexity index is 461. The van der Waals surface area contributed by atoms with Crippen molar-refractivity contribution >= 4 is 11.9 Å². The van der Waals surface area contributed by atoms with Crippen LogP contribution in [-0.4, -0.2) is 35.9 Å². The number of esters is 2. The zero-order chi connectivity index (χ0) is 18.8. The van der Waals surface area contributed by atoms with E-state index in [9.17, 15) is 22.8 Å². The van der Waals surface area contributed by atoms with Crippen LogP contribution in [0.3, 0.4) is 0 Å². The summed E-state index contributed by atoms with van der Waals surface area (Å²) in [7, 11) is 0. The lowest BCUT2D eigenvalue weighted by molar-refractivity contribution is -0.186. The summed E-state index contributed by atoms with van der Waals surface area (Å²) in [4.78, 5) is 24.0. The predicted octanol–water partition coefficient (Wildman–Crippen LogP) is 2.96. The van der Waals surface area contributed by atoms with E-state index in [1.807, 2.05) is 0 Å². The highest BCUT2D eigenvalue weighted by molar-refractivity contribution is 6.04. The largest absolute Gasteiger partial charge is 0.464 e. The molecule has 0 aromatic carbocycles. The van der Waals surface area contributed by atoms with Crippen molar-refractivity contribution < 1.29 is 32.2 Å². The highest BCUT2D eigenvalue weighted by Gasteiger charge is 2.44. The number of halogens is 3. The quantitative estimate of drug-likeness (QED) is 0.621. The Kier molecular flexibility index (Phi) is 6.30. The Hall–Kier alpha value is -1.31. The lowest BCUT2D eigenvalue weighted by Crippen LogP contribution is -2.55. The lowest BCUT2D eigenvalue weighted by Gasteiger charge is -2.30. The Balaban J connectivity index is 2.47. The van der Waals surface area contributed by atoms with Gasteiger partial charge in [0.25, 0.3) is 0 Å². The van der Waals surface area contributed by atoms with Crippen LogP contribution >= 0.6 is 0 Å². The molecule has 0 radical (unpaired) electrons. The van der Waals surface area contributed by atoms with Gasteiger partial charge in [-0.15, -0.1) is 0 Å². The smallest absolute Gasteiger partial charge is 0.391 e. The predicted molar refractivity (Wildman–Crippen MR) is 80.9 cm³/mol. The second-order valence-corrected chi connectivity index (χ2v) is 7.56. The van der Waals surface area contributed by atoms with Crippen molar-refractivity contribution in [1.29, 1.82) is 0 Å². The molecule has 140 valence electrons. The third-order valence-corrected chi connectivity index (χ3v) is 4.01. The maximum atomic E-state index is 12.6. The van der Waals surface area contributed by atoms with Crippen molar-refractivity contribution in [3.63, 3.8) is 0 Å². The van der Waals surface area contributed by atoms with Crippen LogP contribution in [0.25, 0.3) is 0 Å². The minimum absolute atomic E-state index is 0.0255. The molecule has 0 amide bonds. The van der Waals surface area contributed by atoms with Gasteiger partial charge in [-0.2, -0.15) is 13.2 Å². The third-order valence-electron chi connectivity index (χ3n) is 4.01. The SMILES string of the molecule is CC(C)(C)OC(=O)[C@@](C)(N)C(=O)OCC1CCC(C(F)(F)F)CC1. The van der Waals surface area contributed by atoms with Gasteiger partial charge < -0.3 is 15.2 Å². The molecule has 1 fully saturated rings. The number of rotatable bonds is 4. The van der Waals surface area contributed by atoms with Crippen molar-refractivity contribution in [3.8, 4) is 0 Å². The fraction of sp³-hybridized carbons (Fsp3) is 0.875. The molecule has 1 saturated carbocycles. The number of carbonyl (C=O) groups excluding carboxylic acids is 2. The van der Waals surface area contributed by atoms with Gasteiger partial charge in [0.05, 0.1) is 12.5 Å². The molecule has 8 heteroatoms. The van der Waals surface area contributed by atoms with Crippen LogP contribution in [0.5, 0.6) is 0 Å². The number of nitrogens with two attached hydrogens (primary N) is 1. The summed E-state index contributed by atoms with van der Waals surface area (Å²) >= 11 is 0. The Labute approximate surface area is 140 Å². The monoisotopic (exact) mass is 353 g/mol. The normalized spacial score (nSPS) is 24.8. The topological polar surface area (TPSA) is 78.6 Å². The van der Waals surface area contributed by atoms with E-state index < -0.39 is 35.2 Å². The molecule has 0 spiro atoms. The van der Waals surface area contributed by atoms with Crippen molar-refractivity contribution in [2.45, 2.75) is 70.7 Å². The van der Waals surface area contributed by atoms with Gasteiger partial charge in [0.15, 0.2) is 0 Å². The van der Waals surface area contributed by atoms with Crippen molar-refractivity contribution in [2.75, 3.05) is 6.61 Å². The van der Waals surface area contributed by atoms with Gasteiger partial charge in [0.2, 0.25) is 5.54 Å². The average Bonchev–Trinajstić information content (AvgIpc) is 2.42. The van der Waals surface area contributed by atoms with Crippen molar-refractivity contribution in [2.24, 2.45) is 17.6 Å². The van der Waals surface area contributed by atoms with Crippen LogP contribution in [0.2, 0.25) is 0 Å². The van der Waals surface area contributed by atoms with Crippen LogP contribution < -0.4 is 5.73 Å². The van der Waals surface area contributed by atoms with Crippen molar-refractivity contribution in [3.05, 3.63) is 0 Å². The highest BCUT2D eigenvalue weighted by atomic mass is 19.4. The maximum Gasteiger partial charge on any atom is 0.391 e. The van der Waals surface area contributed by atoms with E-state index >= 15 is 0 Å². The molecule has 0 saturated heterocycles. The minimum atomic E-state index is -4.17. The molecule has 0 bridgehead atoms. The third kappa shape index (κ3) is 5.96. The van der Waals surface area contributed by atoms with E-state index in [1.165, 1.54) is 6.92 Å². The van der Waals surface area contributed by atoms with E-state index in [0.717, 1.165) is 0 Å². The van der Waals surface area contributed by atoms with Gasteiger partial charge in [-0.25, -0.2) is 9.59 Å². The first-order chi connectivity index (χ1) is 10.7. The fourth-order valence-electron chi connectivity index (χ4n) is 2.47. The van der Waals surface area contributed by atoms with E-state index in [1.54, 1.807) is 20.8 Å². The van der Waals surface area contributed by atoms with Crippen LogP contribution in [0.4, 0.5) is 13.2 Å². The van der Waals surface area contributed by atoms with Crippen LogP contribution in [-0.2, 0) is 19.1 Å². The summed E-state index contributed by atoms with van der Waals surface area (Å²) in [5.41, 5.74) is 2.96. The fourth-order valence-corrected chi connectivity index (χ4v) is 2.47. The van der Waals surface area contributed by atoms with Gasteiger partial charge in [-0.3, -0.25) is 0 Å². The van der Waals surface area contributed by atoms with Crippen molar-refractivity contribution in [1.82, 2.24) is 0 Å². The summed E-state index contributed by atoms with van der Waals surface area (Å²) in [5, 5.41) is 0. The molecule has 1 aliphatic carbocycles. The van der Waals surface area contributed by atoms with Gasteiger partial charge >= 0.3 is 18.1 Å². The molecular formula is C16H26F3NO4. The maximum absolute atomic E-state index is 12.6. The molecule has 1 atom stereocenters. The minimum Gasteiger partial charge on any atom is -0.464 e. The Morgan fingerprint density at radius 2 is 1.50 bits per heavy atom. The molecule has 0 unspecified atom stereocenters. The number of ether oxygens (including phenoxy) is 2. The first kappa shape index (κ1) is 20.7. The lowest BCUT2D eigenvalue weighted by atomic mass is 9.82. The van der Waals surface area contributed by atoms with Gasteiger partial charge in [0.1, 0.15) is 5.60 Å². The number of alkyl halides is 3. The highest BCUT2D eigenvalue weighted by Crippen LogP contribution is 2.39. The van der Waals surface area contributed by atoms with E-state index in [-0.39, 0.29) is 25.4 Å². The zero-order valence-electron chi connectivity index (χ0n) is 14.5. The van der Waals surface area contributed by atoms with Crippen LogP contribution in [0.15, 0.2) is 0 Å². The average molecular weight is 353 g/mol. The summed E-state index contributed by atoms with van der Waals surface area (Å²) < 4.78 is 48.0. The molecule has 0 aromatic rings. The number of hydrogen-bond donors (Lipinski definition) is 1. The van der Waals surface area contributed by atoms with E-state index in [4.69, 9.17) is 15.2 Å². The van der Waals surface area contributed by atoms with E-state index in [0.29, 0.717) is 12.8 Å². The molecule has 0 heterocycles. The molecule has 0 aliphatic heterocycles. The Morgan fingerprint density at radius 3 is 1.92 bits per heavy atom. The first-order valence-electron chi connectivity index (χ1n) is 7.99. The number of hydrogen-bond acceptors (Lipinski definition) is 5. The molecule has 5 nitrogen and oxygen atoms in total. The van der Waals surface area contributed by atoms with Crippen LogP contribution in [0.1, 0.15) is 53.4 Å². The molecule has 0 aromatic heterocycles. The second kappa shape index (κ2) is 7.29. The first-order valence-corrected chi connectivity index (χ1v) is 7.99. The molecular weight excluding hydrogens is 327 g/mol. The Morgan fingerprint density at radius 1 is 1.00 bits per heavy atom. The second-order valence-electron chi connectivity index (χ2n) is 7.56.